The molecule has 2 rings (SSSR count). The maximum atomic E-state index is 11.1. The van der Waals surface area contributed by atoms with Gasteiger partial charge in [0.2, 0.25) is 0 Å². The van der Waals surface area contributed by atoms with Crippen molar-refractivity contribution in [2.24, 2.45) is 0 Å². The third-order valence-corrected chi connectivity index (χ3v) is 4.58. The molecule has 0 atom stereocenters. The van der Waals surface area contributed by atoms with E-state index in [-0.39, 0.29) is 15.8 Å². The van der Waals surface area contributed by atoms with E-state index in [0.29, 0.717) is 0 Å². The number of carbonyl (C=O) groups is 1. The van der Waals surface area contributed by atoms with E-state index in [2.05, 4.69) is 10.3 Å². The second-order valence-corrected chi connectivity index (χ2v) is 7.71. The number of nitrogens with one attached hydrogen (secondary N) is 1. The molecule has 0 bridgehead atoms. The molecule has 0 spiro atoms. The van der Waals surface area contributed by atoms with Crippen LogP contribution in [-0.4, -0.2) is 38.4 Å². The first-order valence-corrected chi connectivity index (χ1v) is 9.62. The second kappa shape index (κ2) is 7.79. The number of carbonyl (C=O) groups excluding carboxylic acids is 1. The van der Waals surface area contributed by atoms with Gasteiger partial charge >= 0.3 is 88.1 Å². The molecule has 0 fully saturated rings. The van der Waals surface area contributed by atoms with E-state index in [9.17, 15) is 13.6 Å². The molecule has 2 aromatic rings. The number of aryl methyl sites for hydroxylation is 1. The minimum Gasteiger partial charge on any atom is -0.265 e. The van der Waals surface area contributed by atoms with E-state index < -0.39 is 20.1 Å². The van der Waals surface area contributed by atoms with Crippen molar-refractivity contribution in [3.63, 3.8) is 0 Å². The van der Waals surface area contributed by atoms with Gasteiger partial charge in [0, 0.05) is 12.4 Å². The van der Waals surface area contributed by atoms with E-state index in [4.69, 9.17) is 8.19 Å². The number of hydrogen-bond acceptors (Lipinski definition) is 4. The average molecular weight is 368 g/mol. The van der Waals surface area contributed by atoms with Gasteiger partial charge < -0.3 is 0 Å². The molecule has 8 heteroatoms. The summed E-state index contributed by atoms with van der Waals surface area (Å²) in [6.07, 6.45) is 3.57. The van der Waals surface area contributed by atoms with Gasteiger partial charge in [0.25, 0.3) is 0 Å². The molecular formula is C14H17AsN2O5. The Bertz CT molecular complexity index is 685. The summed E-state index contributed by atoms with van der Waals surface area (Å²) in [4.78, 5) is 14.6. The number of aromatic nitrogens is 1. The van der Waals surface area contributed by atoms with Gasteiger partial charge in [-0.3, -0.25) is 4.98 Å². The number of benzene rings is 1. The number of nitrogens with zero attached hydrogens (tertiary/aromatic N) is 1. The fourth-order valence-corrected chi connectivity index (χ4v) is 3.06. The molecular weight excluding hydrogens is 351 g/mol. The van der Waals surface area contributed by atoms with Crippen LogP contribution in [0.5, 0.6) is 5.75 Å². The Hall–Kier alpha value is -2.08. The summed E-state index contributed by atoms with van der Waals surface area (Å²) in [5, 5.41) is 11.5. The summed E-state index contributed by atoms with van der Waals surface area (Å²) in [6, 6.07) is 7.65. The van der Waals surface area contributed by atoms with Crippen LogP contribution < -0.4 is 9.67 Å². The molecule has 0 radical (unpaired) electrons. The van der Waals surface area contributed by atoms with Gasteiger partial charge in [0.05, 0.1) is 0 Å². The Morgan fingerprint density at radius 1 is 1.18 bits per heavy atom. The third kappa shape index (κ3) is 5.73. The summed E-state index contributed by atoms with van der Waals surface area (Å²) in [5.74, 6) is -0.880. The zero-order valence-corrected chi connectivity index (χ0v) is 14.0. The molecule has 0 aliphatic rings. The van der Waals surface area contributed by atoms with Crippen molar-refractivity contribution in [3.05, 3.63) is 48.3 Å². The minimum atomic E-state index is -5.14. The van der Waals surface area contributed by atoms with Crippen LogP contribution >= 0.6 is 0 Å². The average Bonchev–Trinajstić information content (AvgIpc) is 2.41. The first-order valence-electron chi connectivity index (χ1n) is 6.24. The van der Waals surface area contributed by atoms with Crippen LogP contribution in [0.1, 0.15) is 12.5 Å². The van der Waals surface area contributed by atoms with Crippen LogP contribution in [0, 0.1) is 6.92 Å². The minimum absolute atomic E-state index is 0.225. The fraction of sp³-hybridized carbons (Fsp3) is 0.143. The fourth-order valence-electron chi connectivity index (χ4n) is 1.50. The molecule has 0 saturated heterocycles. The first kappa shape index (κ1) is 18.0. The van der Waals surface area contributed by atoms with Gasteiger partial charge in [0.15, 0.2) is 0 Å². The number of anilines is 1. The Morgan fingerprint density at radius 3 is 2.18 bits per heavy atom. The quantitative estimate of drug-likeness (QED) is 0.447. The molecule has 7 nitrogen and oxygen atoms in total. The Morgan fingerprint density at radius 2 is 1.77 bits per heavy atom. The largest absolute Gasteiger partial charge is 0.265 e. The van der Waals surface area contributed by atoms with Gasteiger partial charge in [-0.2, -0.15) is 0 Å². The van der Waals surface area contributed by atoms with Crippen LogP contribution in [0.3, 0.4) is 0 Å². The van der Waals surface area contributed by atoms with Crippen LogP contribution in [0.4, 0.5) is 5.69 Å². The standard InChI is InChI=1S/C8H10AsNO5.C6H7N/c1-5(11)10-8-6(9(13,14)15)3-2-4-7(8)12;1-6-2-4-7-5-3-6/h2-4,12H,1H3,(H,10,11)(H2,13,14,15);2-5H,1H3. The Balaban J connectivity index is 0.000000287. The van der Waals surface area contributed by atoms with E-state index in [1.165, 1.54) is 30.7 Å². The number of aromatic hydroxyl groups is 1. The number of pyridine rings is 1. The van der Waals surface area contributed by atoms with Crippen molar-refractivity contribution in [2.75, 3.05) is 5.32 Å². The van der Waals surface area contributed by atoms with Crippen molar-refractivity contribution in [2.45, 2.75) is 13.8 Å². The molecule has 0 aliphatic heterocycles. The topological polar surface area (TPSA) is 120 Å². The smallest absolute Gasteiger partial charge is 0.0270 e. The van der Waals surface area contributed by atoms with Crippen LogP contribution in [-0.2, 0) is 8.53 Å². The zero-order valence-electron chi connectivity index (χ0n) is 12.1. The zero-order chi connectivity index (χ0) is 16.8. The summed E-state index contributed by atoms with van der Waals surface area (Å²) in [7, 11) is 0. The first-order chi connectivity index (χ1) is 10.2. The Kier molecular flexibility index (Phi) is 6.36. The number of phenolic OH excluding ortho intramolecular Hbond substituents is 1. The molecule has 0 unspecified atom stereocenters. The molecule has 1 heterocycles. The van der Waals surface area contributed by atoms with Crippen LogP contribution in [0.2, 0.25) is 0 Å². The van der Waals surface area contributed by atoms with Gasteiger partial charge in [0.1, 0.15) is 0 Å². The molecule has 0 aliphatic carbocycles. The van der Waals surface area contributed by atoms with Crippen LogP contribution in [0.25, 0.3) is 0 Å². The van der Waals surface area contributed by atoms with Crippen molar-refractivity contribution in [3.8, 4) is 5.75 Å². The summed E-state index contributed by atoms with van der Waals surface area (Å²) >= 11 is -5.14. The van der Waals surface area contributed by atoms with Gasteiger partial charge in [-0.05, 0) is 24.6 Å². The molecule has 1 aromatic carbocycles. The molecule has 1 amide bonds. The molecule has 118 valence electrons. The van der Waals surface area contributed by atoms with Crippen LogP contribution in [0.15, 0.2) is 42.7 Å². The Labute approximate surface area is 130 Å². The summed E-state index contributed by atoms with van der Waals surface area (Å²) in [5.41, 5.74) is 1.03. The molecule has 4 N–H and O–H groups in total. The number of hydrogen-bond donors (Lipinski definition) is 4. The van der Waals surface area contributed by atoms with Crippen molar-refractivity contribution in [1.82, 2.24) is 4.98 Å². The van der Waals surface area contributed by atoms with Crippen molar-refractivity contribution in [1.29, 1.82) is 0 Å². The maximum absolute atomic E-state index is 11.1. The van der Waals surface area contributed by atoms with Gasteiger partial charge in [-0.15, -0.1) is 0 Å². The predicted octanol–water partition coefficient (Wildman–Crippen LogP) is 0.302. The summed E-state index contributed by atoms with van der Waals surface area (Å²) < 4.78 is 28.8. The second-order valence-electron chi connectivity index (χ2n) is 4.42. The van der Waals surface area contributed by atoms with E-state index >= 15 is 0 Å². The van der Waals surface area contributed by atoms with Crippen molar-refractivity contribution < 1.29 is 21.8 Å². The SMILES string of the molecule is CC(=O)Nc1c(O)cccc1[As](=O)(O)O.Cc1ccncc1. The third-order valence-electron chi connectivity index (χ3n) is 2.48. The number of phenols is 1. The maximum Gasteiger partial charge on any atom is 0.0270 e. The number of para-hydroxylation sites is 1. The van der Waals surface area contributed by atoms with Gasteiger partial charge in [-0.25, -0.2) is 0 Å². The van der Waals surface area contributed by atoms with E-state index in [0.717, 1.165) is 0 Å². The monoisotopic (exact) mass is 368 g/mol. The predicted molar refractivity (Wildman–Crippen MR) is 81.9 cm³/mol. The number of rotatable bonds is 2. The van der Waals surface area contributed by atoms with Gasteiger partial charge in [-0.1, -0.05) is 0 Å². The molecule has 22 heavy (non-hydrogen) atoms. The van der Waals surface area contributed by atoms with Crippen molar-refractivity contribution >= 4 is 30.1 Å². The van der Waals surface area contributed by atoms with E-state index in [1.807, 2.05) is 19.1 Å². The normalized spacial score (nSPS) is 10.4. The molecule has 0 saturated carbocycles. The number of amides is 1. The molecule has 1 aromatic heterocycles. The van der Waals surface area contributed by atoms with E-state index in [1.54, 1.807) is 12.4 Å². The summed E-state index contributed by atoms with van der Waals surface area (Å²) in [6.45, 7) is 3.23.